The Morgan fingerprint density at radius 3 is 2.80 bits per heavy atom. The molecule has 20 heavy (non-hydrogen) atoms. The first-order valence-electron chi connectivity index (χ1n) is 6.48. The molecule has 0 spiro atoms. The van der Waals surface area contributed by atoms with Crippen molar-refractivity contribution in [3.05, 3.63) is 11.9 Å². The Kier molecular flexibility index (Phi) is 4.62. The zero-order valence-corrected chi connectivity index (χ0v) is 11.9. The number of nitrogen functional groups attached to an aromatic ring is 1. The van der Waals surface area contributed by atoms with E-state index in [9.17, 15) is 13.2 Å². The molecule has 0 amide bonds. The molecule has 0 aliphatic heterocycles. The molecule has 2 atom stereocenters. The first kappa shape index (κ1) is 15.2. The summed E-state index contributed by atoms with van der Waals surface area (Å²) in [7, 11) is 0. The molecule has 4 nitrogen and oxygen atoms in total. The van der Waals surface area contributed by atoms with E-state index in [1.54, 1.807) is 0 Å². The lowest BCUT2D eigenvalue weighted by Gasteiger charge is -2.15. The molecule has 3 N–H and O–H groups in total. The molecule has 1 saturated carbocycles. The van der Waals surface area contributed by atoms with Gasteiger partial charge in [0.15, 0.2) is 0 Å². The highest BCUT2D eigenvalue weighted by Crippen LogP contribution is 2.32. The monoisotopic (exact) mass is 306 g/mol. The number of hydrogen-bond donors (Lipinski definition) is 2. The van der Waals surface area contributed by atoms with Gasteiger partial charge in [-0.15, -0.1) is 0 Å². The van der Waals surface area contributed by atoms with Crippen molar-refractivity contribution in [2.24, 2.45) is 0 Å². The summed E-state index contributed by atoms with van der Waals surface area (Å²) in [5.41, 5.74) is 5.41. The molecular formula is C12H17F3N4S. The number of aromatic nitrogens is 2. The van der Waals surface area contributed by atoms with Crippen LogP contribution in [0.25, 0.3) is 0 Å². The van der Waals surface area contributed by atoms with E-state index >= 15 is 0 Å². The summed E-state index contributed by atoms with van der Waals surface area (Å²) >= 11 is 1.89. The predicted molar refractivity (Wildman–Crippen MR) is 74.6 cm³/mol. The Morgan fingerprint density at radius 1 is 1.40 bits per heavy atom. The lowest BCUT2D eigenvalue weighted by Crippen LogP contribution is -2.20. The van der Waals surface area contributed by atoms with Crippen molar-refractivity contribution in [2.75, 3.05) is 16.8 Å². The highest BCUT2D eigenvalue weighted by Gasteiger charge is 2.35. The maximum Gasteiger partial charge on any atom is 0.451 e. The predicted octanol–water partition coefficient (Wildman–Crippen LogP) is 3.16. The minimum Gasteiger partial charge on any atom is -0.384 e. The lowest BCUT2D eigenvalue weighted by molar-refractivity contribution is -0.144. The van der Waals surface area contributed by atoms with Crippen LogP contribution in [0.4, 0.5) is 24.8 Å². The molecule has 112 valence electrons. The third-order valence-electron chi connectivity index (χ3n) is 3.14. The van der Waals surface area contributed by atoms with Crippen LogP contribution in [0, 0.1) is 0 Å². The van der Waals surface area contributed by atoms with E-state index in [1.165, 1.54) is 6.07 Å². The largest absolute Gasteiger partial charge is 0.451 e. The van der Waals surface area contributed by atoms with Gasteiger partial charge in [-0.25, -0.2) is 9.97 Å². The zero-order chi connectivity index (χ0) is 14.8. The quantitative estimate of drug-likeness (QED) is 0.894. The smallest absolute Gasteiger partial charge is 0.384 e. The summed E-state index contributed by atoms with van der Waals surface area (Å²) in [6.07, 6.45) is -1.64. The van der Waals surface area contributed by atoms with Crippen LogP contribution in [-0.4, -0.2) is 27.0 Å². The van der Waals surface area contributed by atoms with Crippen molar-refractivity contribution in [2.45, 2.75) is 43.7 Å². The fraction of sp³-hybridized carbons (Fsp3) is 0.667. The van der Waals surface area contributed by atoms with Crippen LogP contribution in [0.1, 0.15) is 32.0 Å². The minimum absolute atomic E-state index is 0.148. The Labute approximate surface area is 119 Å². The summed E-state index contributed by atoms with van der Waals surface area (Å²) < 4.78 is 37.8. The lowest BCUT2D eigenvalue weighted by atomic mass is 10.2. The molecule has 0 saturated heterocycles. The van der Waals surface area contributed by atoms with E-state index in [1.807, 2.05) is 11.8 Å². The van der Waals surface area contributed by atoms with Gasteiger partial charge >= 0.3 is 6.18 Å². The van der Waals surface area contributed by atoms with Gasteiger partial charge in [0.2, 0.25) is 5.82 Å². The molecule has 1 aromatic rings. The zero-order valence-electron chi connectivity index (χ0n) is 11.1. The summed E-state index contributed by atoms with van der Waals surface area (Å²) in [4.78, 5) is 6.73. The van der Waals surface area contributed by atoms with Crippen LogP contribution in [0.5, 0.6) is 0 Å². The first-order valence-corrected chi connectivity index (χ1v) is 7.53. The van der Waals surface area contributed by atoms with Gasteiger partial charge in [-0.3, -0.25) is 0 Å². The SMILES string of the molecule is CCSC1CCC(Nc2cc(N)nc(C(F)(F)F)n2)C1. The van der Waals surface area contributed by atoms with Gasteiger partial charge in [-0.1, -0.05) is 6.92 Å². The van der Waals surface area contributed by atoms with Crippen molar-refractivity contribution < 1.29 is 13.2 Å². The summed E-state index contributed by atoms with van der Waals surface area (Å²) in [5, 5.41) is 3.61. The van der Waals surface area contributed by atoms with Crippen molar-refractivity contribution in [3.63, 3.8) is 0 Å². The summed E-state index contributed by atoms with van der Waals surface area (Å²) in [5.74, 6) is -0.169. The second kappa shape index (κ2) is 6.07. The molecule has 1 fully saturated rings. The number of alkyl halides is 3. The second-order valence-corrected chi connectivity index (χ2v) is 6.31. The molecule has 1 heterocycles. The molecule has 2 rings (SSSR count). The third kappa shape index (κ3) is 3.91. The average molecular weight is 306 g/mol. The highest BCUT2D eigenvalue weighted by molar-refractivity contribution is 7.99. The van der Waals surface area contributed by atoms with Gasteiger partial charge in [0, 0.05) is 17.4 Å². The van der Waals surface area contributed by atoms with Gasteiger partial charge in [-0.05, 0) is 25.0 Å². The van der Waals surface area contributed by atoms with Crippen LogP contribution >= 0.6 is 11.8 Å². The number of hydrogen-bond acceptors (Lipinski definition) is 5. The van der Waals surface area contributed by atoms with Crippen molar-refractivity contribution in [1.82, 2.24) is 9.97 Å². The normalized spacial score (nSPS) is 23.0. The van der Waals surface area contributed by atoms with Crippen molar-refractivity contribution in [1.29, 1.82) is 0 Å². The van der Waals surface area contributed by atoms with Gasteiger partial charge in [0.05, 0.1) is 0 Å². The van der Waals surface area contributed by atoms with Crippen LogP contribution in [-0.2, 0) is 6.18 Å². The molecule has 2 unspecified atom stereocenters. The minimum atomic E-state index is -4.58. The Bertz CT molecular complexity index is 467. The first-order chi connectivity index (χ1) is 9.38. The van der Waals surface area contributed by atoms with Gasteiger partial charge < -0.3 is 11.1 Å². The fourth-order valence-electron chi connectivity index (χ4n) is 2.33. The fourth-order valence-corrected chi connectivity index (χ4v) is 3.48. The van der Waals surface area contributed by atoms with Gasteiger partial charge in [-0.2, -0.15) is 24.9 Å². The Balaban J connectivity index is 2.05. The maximum absolute atomic E-state index is 12.6. The number of halogens is 3. The summed E-state index contributed by atoms with van der Waals surface area (Å²) in [6, 6.07) is 1.49. The van der Waals surface area contributed by atoms with Crippen LogP contribution in [0.2, 0.25) is 0 Å². The number of nitrogens with one attached hydrogen (secondary N) is 1. The third-order valence-corrected chi connectivity index (χ3v) is 4.37. The highest BCUT2D eigenvalue weighted by atomic mass is 32.2. The van der Waals surface area contributed by atoms with Crippen LogP contribution < -0.4 is 11.1 Å². The van der Waals surface area contributed by atoms with Crippen LogP contribution in [0.15, 0.2) is 6.07 Å². The molecule has 0 bridgehead atoms. The number of anilines is 2. The molecule has 0 radical (unpaired) electrons. The molecule has 0 aromatic carbocycles. The number of nitrogens with two attached hydrogens (primary N) is 1. The van der Waals surface area contributed by atoms with Crippen LogP contribution in [0.3, 0.4) is 0 Å². The van der Waals surface area contributed by atoms with Gasteiger partial charge in [0.1, 0.15) is 11.6 Å². The molecule has 1 aliphatic carbocycles. The summed E-state index contributed by atoms with van der Waals surface area (Å²) in [6.45, 7) is 2.10. The Hall–Kier alpha value is -1.18. The van der Waals surface area contributed by atoms with E-state index in [0.717, 1.165) is 25.0 Å². The van der Waals surface area contributed by atoms with Gasteiger partial charge in [0.25, 0.3) is 0 Å². The van der Waals surface area contributed by atoms with E-state index in [4.69, 9.17) is 5.73 Å². The molecule has 1 aromatic heterocycles. The molecular weight excluding hydrogens is 289 g/mol. The van der Waals surface area contributed by atoms with E-state index in [-0.39, 0.29) is 17.7 Å². The average Bonchev–Trinajstić information content (AvgIpc) is 2.75. The van der Waals surface area contributed by atoms with Crippen molar-refractivity contribution >= 4 is 23.4 Å². The molecule has 8 heteroatoms. The number of nitrogens with zero attached hydrogens (tertiary/aromatic N) is 2. The topological polar surface area (TPSA) is 63.8 Å². The van der Waals surface area contributed by atoms with Crippen molar-refractivity contribution in [3.8, 4) is 0 Å². The standard InChI is InChI=1S/C12H17F3N4S/c1-2-20-8-4-3-7(5-8)17-10-6-9(16)18-11(19-10)12(13,14)15/h6-8H,2-5H2,1H3,(H3,16,17,18,19). The van der Waals surface area contributed by atoms with E-state index < -0.39 is 12.0 Å². The van der Waals surface area contributed by atoms with E-state index in [2.05, 4.69) is 22.2 Å². The second-order valence-electron chi connectivity index (χ2n) is 4.73. The Morgan fingerprint density at radius 2 is 2.15 bits per heavy atom. The maximum atomic E-state index is 12.6. The number of rotatable bonds is 4. The molecule has 1 aliphatic rings. The number of thioether (sulfide) groups is 1. The van der Waals surface area contributed by atoms with E-state index in [0.29, 0.717) is 5.25 Å².